The van der Waals surface area contributed by atoms with Crippen LogP contribution in [0.2, 0.25) is 0 Å². The molecule has 152 valence electrons. The summed E-state index contributed by atoms with van der Waals surface area (Å²) in [4.78, 5) is 16.6. The van der Waals surface area contributed by atoms with Gasteiger partial charge in [0.05, 0.1) is 22.4 Å². The highest BCUT2D eigenvalue weighted by Gasteiger charge is 2.18. The highest BCUT2D eigenvalue weighted by atomic mass is 16.1. The summed E-state index contributed by atoms with van der Waals surface area (Å²) >= 11 is 0. The zero-order valence-electron chi connectivity index (χ0n) is 17.1. The molecule has 3 aromatic rings. The van der Waals surface area contributed by atoms with E-state index >= 15 is 0 Å². The maximum atomic E-state index is 12.1. The zero-order chi connectivity index (χ0) is 21.7. The fourth-order valence-corrected chi connectivity index (χ4v) is 3.65. The van der Waals surface area contributed by atoms with E-state index in [1.807, 2.05) is 30.3 Å². The van der Waals surface area contributed by atoms with Crippen LogP contribution >= 0.6 is 0 Å². The third-order valence-corrected chi connectivity index (χ3v) is 5.05. The van der Waals surface area contributed by atoms with Gasteiger partial charge in [-0.15, -0.1) is 0 Å². The number of hydrogen-bond acceptors (Lipinski definition) is 6. The summed E-state index contributed by atoms with van der Waals surface area (Å²) < 4.78 is 0. The van der Waals surface area contributed by atoms with Gasteiger partial charge < -0.3 is 11.5 Å². The van der Waals surface area contributed by atoms with E-state index in [2.05, 4.69) is 28.2 Å². The minimum atomic E-state index is -0.282. The Kier molecular flexibility index (Phi) is 6.40. The lowest BCUT2D eigenvalue weighted by Gasteiger charge is -2.15. The Hall–Kier alpha value is -3.76. The summed E-state index contributed by atoms with van der Waals surface area (Å²) in [6, 6.07) is 13.5. The first-order valence-corrected chi connectivity index (χ1v) is 9.72. The van der Waals surface area contributed by atoms with Gasteiger partial charge in [0, 0.05) is 36.3 Å². The van der Waals surface area contributed by atoms with Gasteiger partial charge in [-0.05, 0) is 29.7 Å². The molecule has 30 heavy (non-hydrogen) atoms. The summed E-state index contributed by atoms with van der Waals surface area (Å²) in [5, 5.41) is 17.5. The molecule has 0 saturated heterocycles. The van der Waals surface area contributed by atoms with Crippen molar-refractivity contribution in [3.8, 4) is 6.07 Å². The molecule has 0 aliphatic rings. The zero-order valence-corrected chi connectivity index (χ0v) is 17.1. The summed E-state index contributed by atoms with van der Waals surface area (Å²) in [5.74, 6) is 0. The summed E-state index contributed by atoms with van der Waals surface area (Å²) in [6.45, 7) is 2.26. The summed E-state index contributed by atoms with van der Waals surface area (Å²) in [5.41, 5.74) is 16.5. The standard InChI is InChI=1S/C23H24N6O/c1-3-5-14-6-4-7-16(19(14)11-24)22(27-2)20(12-25)15-8-9-17-18(10-15)21(13-26)28-29-23(17)30/h4,6-10,12H,3,5,13,25-26H2,1-2H3,(H,29,30)/b20-12-,27-22?. The van der Waals surface area contributed by atoms with Crippen LogP contribution in [0.25, 0.3) is 16.3 Å². The van der Waals surface area contributed by atoms with E-state index in [0.29, 0.717) is 33.3 Å². The normalized spacial score (nSPS) is 12.2. The Morgan fingerprint density at radius 1 is 1.30 bits per heavy atom. The Morgan fingerprint density at radius 2 is 2.10 bits per heavy atom. The van der Waals surface area contributed by atoms with E-state index in [0.717, 1.165) is 29.5 Å². The van der Waals surface area contributed by atoms with Crippen molar-refractivity contribution in [2.45, 2.75) is 26.3 Å². The van der Waals surface area contributed by atoms with Crippen LogP contribution in [-0.4, -0.2) is 23.0 Å². The maximum absolute atomic E-state index is 12.1. The SMILES string of the molecule is CCCc1cccc(C(=NC)/C(=C\N)c2ccc3c(=O)[nH]nc(CN)c3c2)c1C#N. The second-order valence-corrected chi connectivity index (χ2v) is 6.82. The van der Waals surface area contributed by atoms with Gasteiger partial charge in [0.2, 0.25) is 0 Å². The molecule has 0 saturated carbocycles. The molecular weight excluding hydrogens is 376 g/mol. The maximum Gasteiger partial charge on any atom is 0.272 e. The molecule has 5 N–H and O–H groups in total. The fraction of sp³-hybridized carbons (Fsp3) is 0.217. The molecule has 0 aliphatic heterocycles. The second-order valence-electron chi connectivity index (χ2n) is 6.82. The molecule has 0 unspecified atom stereocenters. The first-order valence-electron chi connectivity index (χ1n) is 9.72. The molecule has 0 spiro atoms. The number of fused-ring (bicyclic) bond motifs is 1. The van der Waals surface area contributed by atoms with Crippen molar-refractivity contribution in [1.82, 2.24) is 10.2 Å². The molecule has 7 nitrogen and oxygen atoms in total. The largest absolute Gasteiger partial charge is 0.404 e. The van der Waals surface area contributed by atoms with Crippen LogP contribution in [0.5, 0.6) is 0 Å². The van der Waals surface area contributed by atoms with E-state index in [9.17, 15) is 10.1 Å². The minimum Gasteiger partial charge on any atom is -0.404 e. The van der Waals surface area contributed by atoms with Gasteiger partial charge in [0.1, 0.15) is 6.07 Å². The Morgan fingerprint density at radius 3 is 2.73 bits per heavy atom. The average molecular weight is 400 g/mol. The molecule has 1 heterocycles. The Balaban J connectivity index is 2.20. The number of nitrogens with two attached hydrogens (primary N) is 2. The number of aryl methyl sites for hydroxylation is 1. The van der Waals surface area contributed by atoms with Gasteiger partial charge in [0.25, 0.3) is 5.56 Å². The third kappa shape index (κ3) is 3.73. The quantitative estimate of drug-likeness (QED) is 0.547. The molecule has 1 aromatic heterocycles. The number of nitriles is 1. The number of nitrogens with one attached hydrogen (secondary N) is 1. The van der Waals surface area contributed by atoms with Crippen molar-refractivity contribution in [1.29, 1.82) is 5.26 Å². The van der Waals surface area contributed by atoms with Gasteiger partial charge in [-0.2, -0.15) is 10.4 Å². The number of aromatic nitrogens is 2. The first kappa shape index (κ1) is 21.0. The number of rotatable bonds is 6. The lowest BCUT2D eigenvalue weighted by Crippen LogP contribution is -2.14. The second kappa shape index (κ2) is 9.16. The van der Waals surface area contributed by atoms with Gasteiger partial charge in [-0.25, -0.2) is 5.10 Å². The van der Waals surface area contributed by atoms with Crippen LogP contribution in [0.4, 0.5) is 0 Å². The number of hydrogen-bond donors (Lipinski definition) is 3. The molecule has 2 aromatic carbocycles. The number of H-pyrrole nitrogens is 1. The predicted molar refractivity (Wildman–Crippen MR) is 120 cm³/mol. The van der Waals surface area contributed by atoms with E-state index in [-0.39, 0.29) is 12.1 Å². The topological polar surface area (TPSA) is 134 Å². The van der Waals surface area contributed by atoms with E-state index in [1.165, 1.54) is 6.20 Å². The van der Waals surface area contributed by atoms with Crippen LogP contribution in [0, 0.1) is 11.3 Å². The highest BCUT2D eigenvalue weighted by Crippen LogP contribution is 2.27. The molecule has 3 rings (SSSR count). The third-order valence-electron chi connectivity index (χ3n) is 5.05. The number of benzene rings is 2. The summed E-state index contributed by atoms with van der Waals surface area (Å²) in [6.07, 6.45) is 3.21. The van der Waals surface area contributed by atoms with Crippen molar-refractivity contribution >= 4 is 22.1 Å². The van der Waals surface area contributed by atoms with Crippen LogP contribution in [0.1, 0.15) is 41.3 Å². The Bertz CT molecular complexity index is 1250. The lowest BCUT2D eigenvalue weighted by molar-refractivity contribution is 0.900. The van der Waals surface area contributed by atoms with E-state index in [4.69, 9.17) is 11.5 Å². The van der Waals surface area contributed by atoms with Crippen LogP contribution in [-0.2, 0) is 13.0 Å². The molecule has 0 radical (unpaired) electrons. The number of allylic oxidation sites excluding steroid dienone is 1. The average Bonchev–Trinajstić information content (AvgIpc) is 2.77. The first-order chi connectivity index (χ1) is 14.6. The molecule has 0 amide bonds. The van der Waals surface area contributed by atoms with Crippen molar-refractivity contribution < 1.29 is 0 Å². The molecule has 0 fully saturated rings. The van der Waals surface area contributed by atoms with Crippen LogP contribution < -0.4 is 17.0 Å². The van der Waals surface area contributed by atoms with Crippen molar-refractivity contribution in [2.24, 2.45) is 16.5 Å². The lowest BCUT2D eigenvalue weighted by atomic mass is 9.89. The van der Waals surface area contributed by atoms with Gasteiger partial charge >= 0.3 is 0 Å². The molecule has 0 atom stereocenters. The number of aromatic amines is 1. The molecule has 0 aliphatic carbocycles. The van der Waals surface area contributed by atoms with Crippen molar-refractivity contribution in [3.05, 3.63) is 80.9 Å². The van der Waals surface area contributed by atoms with E-state index < -0.39 is 0 Å². The summed E-state index contributed by atoms with van der Waals surface area (Å²) in [7, 11) is 1.67. The van der Waals surface area contributed by atoms with Crippen LogP contribution in [0.3, 0.4) is 0 Å². The molecular formula is C23H24N6O. The highest BCUT2D eigenvalue weighted by molar-refractivity contribution is 6.32. The predicted octanol–water partition coefficient (Wildman–Crippen LogP) is 2.62. The van der Waals surface area contributed by atoms with Gasteiger partial charge in [0.15, 0.2) is 0 Å². The number of aliphatic imine (C=N–C) groups is 1. The smallest absolute Gasteiger partial charge is 0.272 e. The van der Waals surface area contributed by atoms with Gasteiger partial charge in [-0.3, -0.25) is 9.79 Å². The van der Waals surface area contributed by atoms with Crippen LogP contribution in [0.15, 0.2) is 52.4 Å². The van der Waals surface area contributed by atoms with Crippen molar-refractivity contribution in [3.63, 3.8) is 0 Å². The Labute approximate surface area is 174 Å². The fourth-order valence-electron chi connectivity index (χ4n) is 3.65. The number of nitrogens with zero attached hydrogens (tertiary/aromatic N) is 3. The minimum absolute atomic E-state index is 0.185. The van der Waals surface area contributed by atoms with E-state index in [1.54, 1.807) is 13.1 Å². The van der Waals surface area contributed by atoms with Gasteiger partial charge in [-0.1, -0.05) is 37.6 Å². The van der Waals surface area contributed by atoms with Crippen molar-refractivity contribution in [2.75, 3.05) is 7.05 Å². The molecule has 7 heteroatoms. The monoisotopic (exact) mass is 400 g/mol. The molecule has 0 bridgehead atoms.